The van der Waals surface area contributed by atoms with Gasteiger partial charge in [0, 0.05) is 38.8 Å². The third kappa shape index (κ3) is 3.99. The second-order valence-corrected chi connectivity index (χ2v) is 7.01. The minimum absolute atomic E-state index is 0.623. The fraction of sp³-hybridized carbons (Fsp3) is 0.611. The van der Waals surface area contributed by atoms with Gasteiger partial charge in [-0.15, -0.1) is 0 Å². The summed E-state index contributed by atoms with van der Waals surface area (Å²) >= 11 is 5.60. The molecule has 0 amide bonds. The van der Waals surface area contributed by atoms with Crippen LogP contribution in [0.15, 0.2) is 24.3 Å². The highest BCUT2D eigenvalue weighted by molar-refractivity contribution is 7.80. The highest BCUT2D eigenvalue weighted by Crippen LogP contribution is 2.18. The number of nitrogens with zero attached hydrogens (tertiary/aromatic N) is 2. The molecule has 1 saturated heterocycles. The lowest BCUT2D eigenvalue weighted by atomic mass is 10.1. The zero-order chi connectivity index (χ0) is 15.4. The van der Waals surface area contributed by atoms with E-state index in [1.165, 1.54) is 36.8 Å². The van der Waals surface area contributed by atoms with Gasteiger partial charge in [-0.3, -0.25) is 4.90 Å². The van der Waals surface area contributed by atoms with E-state index in [0.717, 1.165) is 37.8 Å². The number of thiocarbonyl (C=S) groups is 1. The first-order chi connectivity index (χ1) is 10.7. The number of aryl methyl sites for hydroxylation is 1. The summed E-state index contributed by atoms with van der Waals surface area (Å²) in [6.07, 6.45) is 5.27. The van der Waals surface area contributed by atoms with Gasteiger partial charge in [-0.2, -0.15) is 0 Å². The van der Waals surface area contributed by atoms with E-state index in [1.54, 1.807) is 0 Å². The lowest BCUT2D eigenvalue weighted by Gasteiger charge is -2.37. The van der Waals surface area contributed by atoms with Crippen molar-refractivity contribution in [1.82, 2.24) is 15.1 Å². The maximum Gasteiger partial charge on any atom is 0.169 e. The number of piperazine rings is 1. The number of rotatable bonds is 3. The molecule has 1 aromatic carbocycles. The standard InChI is InChI=1S/C18H27N3S/c1-15-6-2-3-7-16(15)14-20-10-12-21(13-11-20)18(22)19-17-8-4-5-9-17/h2-3,6-7,17H,4-5,8-14H2,1H3,(H,19,22). The van der Waals surface area contributed by atoms with Crippen LogP contribution >= 0.6 is 12.2 Å². The molecule has 0 radical (unpaired) electrons. The third-order valence-corrected chi connectivity index (χ3v) is 5.37. The van der Waals surface area contributed by atoms with E-state index in [-0.39, 0.29) is 0 Å². The molecular formula is C18H27N3S. The molecular weight excluding hydrogens is 290 g/mol. The minimum Gasteiger partial charge on any atom is -0.360 e. The summed E-state index contributed by atoms with van der Waals surface area (Å²) in [5.74, 6) is 0. The SMILES string of the molecule is Cc1ccccc1CN1CCN(C(=S)NC2CCCC2)CC1. The lowest BCUT2D eigenvalue weighted by molar-refractivity contribution is 0.173. The molecule has 0 unspecified atom stereocenters. The van der Waals surface area contributed by atoms with Gasteiger partial charge in [-0.05, 0) is 43.1 Å². The molecule has 0 aromatic heterocycles. The highest BCUT2D eigenvalue weighted by Gasteiger charge is 2.22. The zero-order valence-electron chi connectivity index (χ0n) is 13.6. The number of nitrogens with one attached hydrogen (secondary N) is 1. The first kappa shape index (κ1) is 15.8. The number of hydrogen-bond donors (Lipinski definition) is 1. The van der Waals surface area contributed by atoms with Gasteiger partial charge in [0.25, 0.3) is 0 Å². The summed E-state index contributed by atoms with van der Waals surface area (Å²) in [4.78, 5) is 4.89. The van der Waals surface area contributed by atoms with Crippen LogP contribution in [0, 0.1) is 6.92 Å². The normalized spacial score (nSPS) is 20.3. The van der Waals surface area contributed by atoms with E-state index < -0.39 is 0 Å². The lowest BCUT2D eigenvalue weighted by Crippen LogP contribution is -2.52. The van der Waals surface area contributed by atoms with Crippen molar-refractivity contribution in [3.05, 3.63) is 35.4 Å². The summed E-state index contributed by atoms with van der Waals surface area (Å²) in [5.41, 5.74) is 2.84. The van der Waals surface area contributed by atoms with E-state index >= 15 is 0 Å². The van der Waals surface area contributed by atoms with Gasteiger partial charge >= 0.3 is 0 Å². The third-order valence-electron chi connectivity index (χ3n) is 5.00. The second-order valence-electron chi connectivity index (χ2n) is 6.62. The van der Waals surface area contributed by atoms with Crippen molar-refractivity contribution in [3.63, 3.8) is 0 Å². The molecule has 3 nitrogen and oxygen atoms in total. The van der Waals surface area contributed by atoms with Crippen molar-refractivity contribution in [2.24, 2.45) is 0 Å². The van der Waals surface area contributed by atoms with Crippen LogP contribution in [0.4, 0.5) is 0 Å². The molecule has 4 heteroatoms. The quantitative estimate of drug-likeness (QED) is 0.864. The van der Waals surface area contributed by atoms with E-state index in [4.69, 9.17) is 12.2 Å². The second kappa shape index (κ2) is 7.42. The van der Waals surface area contributed by atoms with Gasteiger partial charge in [0.05, 0.1) is 0 Å². The predicted molar refractivity (Wildman–Crippen MR) is 96.0 cm³/mol. The van der Waals surface area contributed by atoms with Gasteiger partial charge < -0.3 is 10.2 Å². The first-order valence-corrected chi connectivity index (χ1v) is 8.95. The molecule has 3 rings (SSSR count). The molecule has 0 bridgehead atoms. The summed E-state index contributed by atoms with van der Waals surface area (Å²) in [5, 5.41) is 4.54. The van der Waals surface area contributed by atoms with Gasteiger partial charge in [0.2, 0.25) is 0 Å². The fourth-order valence-corrected chi connectivity index (χ4v) is 3.82. The summed E-state index contributed by atoms with van der Waals surface area (Å²) in [6, 6.07) is 9.32. The maximum atomic E-state index is 5.60. The highest BCUT2D eigenvalue weighted by atomic mass is 32.1. The van der Waals surface area contributed by atoms with Crippen LogP contribution in [-0.4, -0.2) is 47.1 Å². The molecule has 1 heterocycles. The molecule has 2 fully saturated rings. The summed E-state index contributed by atoms with van der Waals surface area (Å²) in [6.45, 7) is 7.55. The number of hydrogen-bond acceptors (Lipinski definition) is 2. The fourth-order valence-electron chi connectivity index (χ4n) is 3.47. The smallest absolute Gasteiger partial charge is 0.169 e. The molecule has 2 aliphatic rings. The van der Waals surface area contributed by atoms with E-state index in [0.29, 0.717) is 6.04 Å². The van der Waals surface area contributed by atoms with Crippen LogP contribution in [0.5, 0.6) is 0 Å². The maximum absolute atomic E-state index is 5.60. The number of benzene rings is 1. The Balaban J connectivity index is 1.45. The summed E-state index contributed by atoms with van der Waals surface area (Å²) in [7, 11) is 0. The Morgan fingerprint density at radius 2 is 1.82 bits per heavy atom. The Morgan fingerprint density at radius 1 is 1.14 bits per heavy atom. The largest absolute Gasteiger partial charge is 0.360 e. The van der Waals surface area contributed by atoms with Crippen LogP contribution < -0.4 is 5.32 Å². The van der Waals surface area contributed by atoms with Crippen LogP contribution in [0.25, 0.3) is 0 Å². The Kier molecular flexibility index (Phi) is 5.32. The van der Waals surface area contributed by atoms with Crippen LogP contribution in [0.3, 0.4) is 0 Å². The van der Waals surface area contributed by atoms with Crippen molar-refractivity contribution in [1.29, 1.82) is 0 Å². The molecule has 120 valence electrons. The molecule has 1 aliphatic carbocycles. The van der Waals surface area contributed by atoms with Gasteiger partial charge in [0.1, 0.15) is 0 Å². The van der Waals surface area contributed by atoms with E-state index in [2.05, 4.69) is 46.3 Å². The van der Waals surface area contributed by atoms with Gasteiger partial charge in [-0.25, -0.2) is 0 Å². The van der Waals surface area contributed by atoms with Gasteiger partial charge in [0.15, 0.2) is 5.11 Å². The van der Waals surface area contributed by atoms with Crippen LogP contribution in [-0.2, 0) is 6.54 Å². The Hall–Kier alpha value is -1.13. The van der Waals surface area contributed by atoms with E-state index in [9.17, 15) is 0 Å². The monoisotopic (exact) mass is 317 g/mol. The Morgan fingerprint density at radius 3 is 2.50 bits per heavy atom. The topological polar surface area (TPSA) is 18.5 Å². The zero-order valence-corrected chi connectivity index (χ0v) is 14.4. The molecule has 1 saturated carbocycles. The molecule has 22 heavy (non-hydrogen) atoms. The van der Waals surface area contributed by atoms with Crippen molar-refractivity contribution in [2.75, 3.05) is 26.2 Å². The van der Waals surface area contributed by atoms with E-state index in [1.807, 2.05) is 0 Å². The van der Waals surface area contributed by atoms with Crippen LogP contribution in [0.1, 0.15) is 36.8 Å². The average molecular weight is 318 g/mol. The molecule has 0 spiro atoms. The Bertz CT molecular complexity index is 503. The average Bonchev–Trinajstić information content (AvgIpc) is 3.03. The van der Waals surface area contributed by atoms with Crippen molar-refractivity contribution >= 4 is 17.3 Å². The van der Waals surface area contributed by atoms with Crippen molar-refractivity contribution in [2.45, 2.75) is 45.2 Å². The summed E-state index contributed by atoms with van der Waals surface area (Å²) < 4.78 is 0. The van der Waals surface area contributed by atoms with Crippen molar-refractivity contribution in [3.8, 4) is 0 Å². The first-order valence-electron chi connectivity index (χ1n) is 8.54. The van der Waals surface area contributed by atoms with Crippen molar-refractivity contribution < 1.29 is 0 Å². The Labute approximate surface area is 139 Å². The minimum atomic E-state index is 0.623. The molecule has 1 aliphatic heterocycles. The van der Waals surface area contributed by atoms with Gasteiger partial charge in [-0.1, -0.05) is 37.1 Å². The molecule has 0 atom stereocenters. The predicted octanol–water partition coefficient (Wildman–Crippen LogP) is 2.93. The molecule has 1 aromatic rings. The van der Waals surface area contributed by atoms with Crippen LogP contribution in [0.2, 0.25) is 0 Å². The molecule has 1 N–H and O–H groups in total.